The van der Waals surface area contributed by atoms with Crippen molar-refractivity contribution in [3.63, 3.8) is 0 Å². The Morgan fingerprint density at radius 1 is 1.03 bits per heavy atom. The maximum absolute atomic E-state index is 12.6. The number of imide groups is 1. The fourth-order valence-corrected chi connectivity index (χ4v) is 3.33. The fraction of sp³-hybridized carbons (Fsp3) is 0.190. The lowest BCUT2D eigenvalue weighted by molar-refractivity contribution is -0.116. The summed E-state index contributed by atoms with van der Waals surface area (Å²) in [5.41, 5.74) is 1.34. The third-order valence-corrected chi connectivity index (χ3v) is 4.71. The van der Waals surface area contributed by atoms with Crippen LogP contribution in [0.4, 0.5) is 5.69 Å². The summed E-state index contributed by atoms with van der Waals surface area (Å²) in [6, 6.07) is 13.3. The second-order valence-corrected chi connectivity index (χ2v) is 6.74. The topological polar surface area (TPSA) is 99.2 Å². The third kappa shape index (κ3) is 3.29. The first-order valence-corrected chi connectivity index (χ1v) is 9.26. The predicted molar refractivity (Wildman–Crippen MR) is 106 cm³/mol. The van der Waals surface area contributed by atoms with E-state index in [-0.39, 0.29) is 35.2 Å². The number of hydrazone groups is 1. The van der Waals surface area contributed by atoms with Crippen LogP contribution in [-0.2, 0) is 4.79 Å². The molecule has 0 saturated carbocycles. The molecular formula is C21H18N4O4. The predicted octanol–water partition coefficient (Wildman–Crippen LogP) is 2.17. The molecular weight excluding hydrogens is 372 g/mol. The molecule has 0 saturated heterocycles. The Kier molecular flexibility index (Phi) is 4.67. The van der Waals surface area contributed by atoms with E-state index in [4.69, 9.17) is 0 Å². The minimum absolute atomic E-state index is 0.0345. The monoisotopic (exact) mass is 390 g/mol. The standard InChI is InChI=1S/C21H18N4O4/c1-2-10-24-20(28)15-9-8-13(11-16(15)21(24)29)19(27)22-17-12-18(26)25(23-17)14-6-4-3-5-7-14/h3-9,11H,2,10,12H2,1H3,(H,22,23,27). The molecule has 146 valence electrons. The van der Waals surface area contributed by atoms with Gasteiger partial charge in [0.25, 0.3) is 23.6 Å². The van der Waals surface area contributed by atoms with E-state index < -0.39 is 11.8 Å². The molecule has 2 heterocycles. The summed E-state index contributed by atoms with van der Waals surface area (Å²) in [6.45, 7) is 2.22. The van der Waals surface area contributed by atoms with Gasteiger partial charge >= 0.3 is 0 Å². The largest absolute Gasteiger partial charge is 0.308 e. The van der Waals surface area contributed by atoms with E-state index in [9.17, 15) is 19.2 Å². The van der Waals surface area contributed by atoms with E-state index in [2.05, 4.69) is 10.4 Å². The molecule has 0 unspecified atom stereocenters. The van der Waals surface area contributed by atoms with Crippen LogP contribution in [0.3, 0.4) is 0 Å². The highest BCUT2D eigenvalue weighted by Crippen LogP contribution is 2.24. The second kappa shape index (κ2) is 7.31. The second-order valence-electron chi connectivity index (χ2n) is 6.74. The zero-order chi connectivity index (χ0) is 20.5. The Labute approximate surface area is 166 Å². The van der Waals surface area contributed by atoms with Gasteiger partial charge in [-0.25, -0.2) is 0 Å². The van der Waals surface area contributed by atoms with Crippen LogP contribution < -0.4 is 10.3 Å². The molecule has 1 N–H and O–H groups in total. The Morgan fingerprint density at radius 2 is 1.76 bits per heavy atom. The first kappa shape index (κ1) is 18.5. The minimum atomic E-state index is -0.497. The number of amidine groups is 1. The van der Waals surface area contributed by atoms with Crippen LogP contribution in [-0.4, -0.2) is 40.9 Å². The average Bonchev–Trinajstić information content (AvgIpc) is 3.21. The van der Waals surface area contributed by atoms with E-state index in [1.807, 2.05) is 13.0 Å². The van der Waals surface area contributed by atoms with Gasteiger partial charge in [0.2, 0.25) is 0 Å². The van der Waals surface area contributed by atoms with Crippen molar-refractivity contribution in [3.05, 3.63) is 65.2 Å². The molecule has 2 aromatic rings. The van der Waals surface area contributed by atoms with E-state index >= 15 is 0 Å². The Balaban J connectivity index is 1.53. The molecule has 0 aromatic heterocycles. The Hall–Kier alpha value is -3.81. The van der Waals surface area contributed by atoms with Crippen molar-refractivity contribution in [2.75, 3.05) is 11.6 Å². The summed E-state index contributed by atoms with van der Waals surface area (Å²) in [5, 5.41) is 8.04. The summed E-state index contributed by atoms with van der Waals surface area (Å²) in [4.78, 5) is 50.8. The van der Waals surface area contributed by atoms with Gasteiger partial charge in [-0.3, -0.25) is 24.1 Å². The minimum Gasteiger partial charge on any atom is -0.308 e. The maximum atomic E-state index is 12.6. The molecule has 0 radical (unpaired) electrons. The SMILES string of the molecule is CCCN1C(=O)c2ccc(C(=O)NC3=NN(c4ccccc4)C(=O)C3)cc2C1=O. The van der Waals surface area contributed by atoms with Gasteiger partial charge in [0, 0.05) is 12.1 Å². The van der Waals surface area contributed by atoms with Crippen molar-refractivity contribution in [2.24, 2.45) is 5.10 Å². The van der Waals surface area contributed by atoms with Crippen LogP contribution in [0.25, 0.3) is 0 Å². The van der Waals surface area contributed by atoms with Crippen molar-refractivity contribution in [2.45, 2.75) is 19.8 Å². The number of nitrogens with one attached hydrogen (secondary N) is 1. The number of carbonyl (C=O) groups is 4. The molecule has 0 aliphatic carbocycles. The van der Waals surface area contributed by atoms with E-state index in [1.165, 1.54) is 28.1 Å². The lowest BCUT2D eigenvalue weighted by Crippen LogP contribution is -2.30. The van der Waals surface area contributed by atoms with E-state index in [0.717, 1.165) is 0 Å². The van der Waals surface area contributed by atoms with E-state index in [1.54, 1.807) is 24.3 Å². The lowest BCUT2D eigenvalue weighted by Gasteiger charge is -2.11. The molecule has 0 fully saturated rings. The Bertz CT molecular complexity index is 1060. The van der Waals surface area contributed by atoms with Crippen LogP contribution in [0.1, 0.15) is 50.8 Å². The Morgan fingerprint density at radius 3 is 2.48 bits per heavy atom. The van der Waals surface area contributed by atoms with Crippen LogP contribution in [0.15, 0.2) is 53.6 Å². The number of nitrogens with zero attached hydrogens (tertiary/aromatic N) is 3. The molecule has 0 spiro atoms. The van der Waals surface area contributed by atoms with Gasteiger partial charge in [0.15, 0.2) is 0 Å². The number of amides is 4. The van der Waals surface area contributed by atoms with Gasteiger partial charge in [-0.05, 0) is 36.8 Å². The number of carbonyl (C=O) groups excluding carboxylic acids is 4. The van der Waals surface area contributed by atoms with Gasteiger partial charge in [0.1, 0.15) is 5.84 Å². The van der Waals surface area contributed by atoms with Gasteiger partial charge in [-0.2, -0.15) is 10.1 Å². The number of anilines is 1. The number of rotatable bonds is 4. The molecule has 4 rings (SSSR count). The third-order valence-electron chi connectivity index (χ3n) is 4.71. The summed E-state index contributed by atoms with van der Waals surface area (Å²) in [6.07, 6.45) is 0.623. The van der Waals surface area contributed by atoms with Gasteiger partial charge in [-0.15, -0.1) is 0 Å². The quantitative estimate of drug-likeness (QED) is 0.809. The van der Waals surface area contributed by atoms with Gasteiger partial charge < -0.3 is 5.32 Å². The van der Waals surface area contributed by atoms with Crippen molar-refractivity contribution in [1.29, 1.82) is 0 Å². The number of hydrogen-bond acceptors (Lipinski definition) is 5. The molecule has 2 aromatic carbocycles. The average molecular weight is 390 g/mol. The van der Waals surface area contributed by atoms with Crippen molar-refractivity contribution < 1.29 is 19.2 Å². The summed E-state index contributed by atoms with van der Waals surface area (Å²) >= 11 is 0. The van der Waals surface area contributed by atoms with Crippen LogP contribution in [0.5, 0.6) is 0 Å². The summed E-state index contributed by atoms with van der Waals surface area (Å²) in [5.74, 6) is -1.27. The molecule has 0 atom stereocenters. The van der Waals surface area contributed by atoms with Gasteiger partial charge in [0.05, 0.1) is 23.2 Å². The molecule has 8 nitrogen and oxygen atoms in total. The fourth-order valence-electron chi connectivity index (χ4n) is 3.33. The number of benzene rings is 2. The first-order valence-electron chi connectivity index (χ1n) is 9.26. The zero-order valence-electron chi connectivity index (χ0n) is 15.7. The number of para-hydroxylation sites is 1. The molecule has 4 amide bonds. The first-order chi connectivity index (χ1) is 14.0. The van der Waals surface area contributed by atoms with Crippen molar-refractivity contribution in [3.8, 4) is 0 Å². The summed E-state index contributed by atoms with van der Waals surface area (Å²) < 4.78 is 0. The highest BCUT2D eigenvalue weighted by atomic mass is 16.2. The van der Waals surface area contributed by atoms with Crippen LogP contribution >= 0.6 is 0 Å². The zero-order valence-corrected chi connectivity index (χ0v) is 15.7. The van der Waals surface area contributed by atoms with Crippen LogP contribution in [0.2, 0.25) is 0 Å². The smallest absolute Gasteiger partial charge is 0.261 e. The molecule has 2 aliphatic rings. The molecule has 2 aliphatic heterocycles. The van der Waals surface area contributed by atoms with Gasteiger partial charge in [-0.1, -0.05) is 25.1 Å². The van der Waals surface area contributed by atoms with Crippen LogP contribution in [0, 0.1) is 0 Å². The molecule has 29 heavy (non-hydrogen) atoms. The highest BCUT2D eigenvalue weighted by Gasteiger charge is 2.35. The van der Waals surface area contributed by atoms with Crippen molar-refractivity contribution in [1.82, 2.24) is 10.2 Å². The van der Waals surface area contributed by atoms with Crippen molar-refractivity contribution >= 4 is 35.2 Å². The molecule has 8 heteroatoms. The number of fused-ring (bicyclic) bond motifs is 1. The molecule has 0 bridgehead atoms. The lowest BCUT2D eigenvalue weighted by atomic mass is 10.1. The number of hydrogen-bond donors (Lipinski definition) is 1. The highest BCUT2D eigenvalue weighted by molar-refractivity contribution is 6.23. The summed E-state index contributed by atoms with van der Waals surface area (Å²) in [7, 11) is 0. The maximum Gasteiger partial charge on any atom is 0.261 e. The van der Waals surface area contributed by atoms with E-state index in [0.29, 0.717) is 24.2 Å². The normalized spacial score (nSPS) is 15.6.